The minimum absolute atomic E-state index is 0.102. The maximum atomic E-state index is 11.2. The third-order valence-electron chi connectivity index (χ3n) is 6.24. The number of methoxy groups -OCH3 is 1. The molecule has 1 fully saturated rings. The maximum Gasteiger partial charge on any atom is 0.217 e. The van der Waals surface area contributed by atoms with Crippen molar-refractivity contribution in [1.82, 2.24) is 10.2 Å². The van der Waals surface area contributed by atoms with Crippen molar-refractivity contribution in [2.24, 2.45) is 5.92 Å². The Morgan fingerprint density at radius 2 is 2.11 bits per heavy atom. The summed E-state index contributed by atoms with van der Waals surface area (Å²) in [5.41, 5.74) is 2.25. The first-order valence-electron chi connectivity index (χ1n) is 10.2. The molecule has 0 unspecified atom stereocenters. The van der Waals surface area contributed by atoms with E-state index in [4.69, 9.17) is 9.15 Å². The number of fused-ring (bicyclic) bond motifs is 3. The molecule has 27 heavy (non-hydrogen) atoms. The van der Waals surface area contributed by atoms with E-state index < -0.39 is 0 Å². The first kappa shape index (κ1) is 18.4. The largest absolute Gasteiger partial charge is 0.493 e. The molecule has 0 atom stereocenters. The smallest absolute Gasteiger partial charge is 0.217 e. The van der Waals surface area contributed by atoms with Gasteiger partial charge in [-0.2, -0.15) is 0 Å². The predicted octanol–water partition coefficient (Wildman–Crippen LogP) is 3.88. The second-order valence-electron chi connectivity index (χ2n) is 8.07. The summed E-state index contributed by atoms with van der Waals surface area (Å²) in [6.45, 7) is 4.74. The molecular formula is C22H30N2O3. The molecule has 0 saturated heterocycles. The zero-order valence-electron chi connectivity index (χ0n) is 16.4. The number of para-hydroxylation sites is 1. The van der Waals surface area contributed by atoms with Crippen LogP contribution in [0.25, 0.3) is 11.0 Å². The number of carbonyl (C=O) groups is 1. The molecule has 0 radical (unpaired) electrons. The summed E-state index contributed by atoms with van der Waals surface area (Å²) in [7, 11) is 1.70. The first-order chi connectivity index (χ1) is 13.1. The third-order valence-corrected chi connectivity index (χ3v) is 6.24. The standard InChI is InChI=1S/C22H30N2O3/c1-15(25)23-17-8-6-16(7-9-17)10-12-24-13-11-18-19-4-3-5-20(26-2)22(19)27-21(18)14-24/h3-5,16-17H,6-14H2,1-2H3,(H,23,25)/t16-,17-. The Labute approximate surface area is 161 Å². The van der Waals surface area contributed by atoms with Gasteiger partial charge in [0.05, 0.1) is 13.7 Å². The van der Waals surface area contributed by atoms with Crippen molar-refractivity contribution in [3.63, 3.8) is 0 Å². The highest BCUT2D eigenvalue weighted by Gasteiger charge is 2.26. The van der Waals surface area contributed by atoms with Gasteiger partial charge in [-0.3, -0.25) is 9.69 Å². The number of rotatable bonds is 5. The molecule has 4 rings (SSSR count). The quantitative estimate of drug-likeness (QED) is 0.868. The lowest BCUT2D eigenvalue weighted by atomic mass is 9.84. The molecule has 1 aliphatic heterocycles. The van der Waals surface area contributed by atoms with Crippen molar-refractivity contribution in [2.75, 3.05) is 20.2 Å². The highest BCUT2D eigenvalue weighted by Crippen LogP contribution is 2.36. The van der Waals surface area contributed by atoms with Gasteiger partial charge in [0.1, 0.15) is 5.76 Å². The van der Waals surface area contributed by atoms with Gasteiger partial charge in [-0.05, 0) is 57.1 Å². The lowest BCUT2D eigenvalue weighted by molar-refractivity contribution is -0.119. The molecule has 1 saturated carbocycles. The van der Waals surface area contributed by atoms with Gasteiger partial charge in [-0.15, -0.1) is 0 Å². The van der Waals surface area contributed by atoms with Crippen LogP contribution in [0.5, 0.6) is 5.75 Å². The van der Waals surface area contributed by atoms with Gasteiger partial charge in [0.2, 0.25) is 5.91 Å². The van der Waals surface area contributed by atoms with Crippen molar-refractivity contribution < 1.29 is 13.9 Å². The number of nitrogens with one attached hydrogen (secondary N) is 1. The lowest BCUT2D eigenvalue weighted by Crippen LogP contribution is -2.37. The topological polar surface area (TPSA) is 54.7 Å². The molecule has 5 heteroatoms. The second kappa shape index (κ2) is 7.93. The molecule has 2 aliphatic rings. The van der Waals surface area contributed by atoms with Crippen LogP contribution in [0, 0.1) is 5.92 Å². The van der Waals surface area contributed by atoms with Gasteiger partial charge in [0, 0.05) is 30.5 Å². The molecule has 0 bridgehead atoms. The minimum Gasteiger partial charge on any atom is -0.493 e. The summed E-state index contributed by atoms with van der Waals surface area (Å²) in [6, 6.07) is 6.54. The molecule has 5 nitrogen and oxygen atoms in total. The second-order valence-corrected chi connectivity index (χ2v) is 8.07. The summed E-state index contributed by atoms with van der Waals surface area (Å²) in [6.07, 6.45) is 6.99. The molecule has 1 aromatic heterocycles. The average Bonchev–Trinajstić information content (AvgIpc) is 3.05. The van der Waals surface area contributed by atoms with Gasteiger partial charge in [0.15, 0.2) is 11.3 Å². The SMILES string of the molecule is COc1cccc2c3c(oc12)CN(CC[C@H]1CC[C@H](NC(C)=O)CC1)CC3. The lowest BCUT2D eigenvalue weighted by Gasteiger charge is -2.31. The highest BCUT2D eigenvalue weighted by atomic mass is 16.5. The summed E-state index contributed by atoms with van der Waals surface area (Å²) >= 11 is 0. The summed E-state index contributed by atoms with van der Waals surface area (Å²) in [4.78, 5) is 13.7. The van der Waals surface area contributed by atoms with E-state index >= 15 is 0 Å². The van der Waals surface area contributed by atoms with Crippen molar-refractivity contribution >= 4 is 16.9 Å². The molecule has 0 spiro atoms. The van der Waals surface area contributed by atoms with Gasteiger partial charge in [0.25, 0.3) is 0 Å². The highest BCUT2D eigenvalue weighted by molar-refractivity contribution is 5.87. The van der Waals surface area contributed by atoms with Gasteiger partial charge in [-0.1, -0.05) is 12.1 Å². The summed E-state index contributed by atoms with van der Waals surface area (Å²) < 4.78 is 11.6. The van der Waals surface area contributed by atoms with Gasteiger partial charge in [-0.25, -0.2) is 0 Å². The number of amides is 1. The van der Waals surface area contributed by atoms with E-state index in [-0.39, 0.29) is 5.91 Å². The molecule has 1 aliphatic carbocycles. The molecule has 1 aromatic carbocycles. The first-order valence-corrected chi connectivity index (χ1v) is 10.2. The van der Waals surface area contributed by atoms with Crippen molar-refractivity contribution in [3.05, 3.63) is 29.5 Å². The Balaban J connectivity index is 1.32. The Bertz CT molecular complexity index is 805. The van der Waals surface area contributed by atoms with E-state index in [2.05, 4.69) is 16.3 Å². The van der Waals surface area contributed by atoms with Crippen LogP contribution in [0.3, 0.4) is 0 Å². The Hall–Kier alpha value is -2.01. The van der Waals surface area contributed by atoms with Gasteiger partial charge >= 0.3 is 0 Å². The molecule has 2 aromatic rings. The van der Waals surface area contributed by atoms with Crippen LogP contribution in [0.1, 0.15) is 50.4 Å². The number of furan rings is 1. The van der Waals surface area contributed by atoms with Crippen molar-refractivity contribution in [1.29, 1.82) is 0 Å². The van der Waals surface area contributed by atoms with E-state index in [1.54, 1.807) is 14.0 Å². The van der Waals surface area contributed by atoms with E-state index in [9.17, 15) is 4.79 Å². The summed E-state index contributed by atoms with van der Waals surface area (Å²) in [5.74, 6) is 2.82. The third kappa shape index (κ3) is 3.98. The molecule has 146 valence electrons. The van der Waals surface area contributed by atoms with Crippen LogP contribution in [0.2, 0.25) is 0 Å². The zero-order valence-corrected chi connectivity index (χ0v) is 16.4. The average molecular weight is 370 g/mol. The van der Waals surface area contributed by atoms with E-state index in [1.807, 2.05) is 12.1 Å². The molecule has 1 amide bonds. The van der Waals surface area contributed by atoms with E-state index in [0.717, 1.165) is 61.9 Å². The van der Waals surface area contributed by atoms with Crippen LogP contribution in [-0.4, -0.2) is 37.0 Å². The number of hydrogen-bond donors (Lipinski definition) is 1. The number of hydrogen-bond acceptors (Lipinski definition) is 4. The van der Waals surface area contributed by atoms with Crippen molar-refractivity contribution in [3.8, 4) is 5.75 Å². The van der Waals surface area contributed by atoms with Crippen LogP contribution in [0.15, 0.2) is 22.6 Å². The Morgan fingerprint density at radius 3 is 2.85 bits per heavy atom. The molecule has 1 N–H and O–H groups in total. The van der Waals surface area contributed by atoms with Gasteiger partial charge < -0.3 is 14.5 Å². The van der Waals surface area contributed by atoms with E-state index in [1.165, 1.54) is 30.2 Å². The van der Waals surface area contributed by atoms with Crippen LogP contribution < -0.4 is 10.1 Å². The van der Waals surface area contributed by atoms with Crippen LogP contribution in [-0.2, 0) is 17.8 Å². The fraction of sp³-hybridized carbons (Fsp3) is 0.591. The van der Waals surface area contributed by atoms with Crippen molar-refractivity contribution in [2.45, 2.75) is 58.0 Å². The number of carbonyl (C=O) groups excluding carboxylic acids is 1. The number of nitrogens with zero attached hydrogens (tertiary/aromatic N) is 1. The fourth-order valence-electron chi connectivity index (χ4n) is 4.75. The summed E-state index contributed by atoms with van der Waals surface area (Å²) in [5, 5.41) is 4.28. The monoisotopic (exact) mass is 370 g/mol. The molecule has 2 heterocycles. The number of ether oxygens (including phenoxy) is 1. The zero-order chi connectivity index (χ0) is 18.8. The van der Waals surface area contributed by atoms with Crippen LogP contribution in [0.4, 0.5) is 0 Å². The molecular weight excluding hydrogens is 340 g/mol. The fourth-order valence-corrected chi connectivity index (χ4v) is 4.75. The van der Waals surface area contributed by atoms with Crippen LogP contribution >= 0.6 is 0 Å². The predicted molar refractivity (Wildman–Crippen MR) is 106 cm³/mol. The maximum absolute atomic E-state index is 11.2. The van der Waals surface area contributed by atoms with E-state index in [0.29, 0.717) is 6.04 Å². The minimum atomic E-state index is 0.102. The number of benzene rings is 1. The Morgan fingerprint density at radius 1 is 1.30 bits per heavy atom. The Kier molecular flexibility index (Phi) is 5.39. The normalized spacial score (nSPS) is 23.2.